The molecule has 12 heavy (non-hydrogen) atoms. The summed E-state index contributed by atoms with van der Waals surface area (Å²) in [7, 11) is 5.74. The molecule has 0 aliphatic carbocycles. The van der Waals surface area contributed by atoms with E-state index in [0.717, 1.165) is 10.2 Å². The zero-order valence-electron chi connectivity index (χ0n) is 7.27. The van der Waals surface area contributed by atoms with Crippen molar-refractivity contribution in [2.24, 2.45) is 0 Å². The molecule has 0 N–H and O–H groups in total. The molecule has 0 aromatic carbocycles. The molecule has 0 radical (unpaired) electrons. The Kier molecular flexibility index (Phi) is 6.25. The number of hydrogen-bond acceptors (Lipinski definition) is 3. The van der Waals surface area contributed by atoms with Crippen LogP contribution in [0.15, 0.2) is 0 Å². The third kappa shape index (κ3) is 5.18. The summed E-state index contributed by atoms with van der Waals surface area (Å²) >= 11 is 15.5. The van der Waals surface area contributed by atoms with Gasteiger partial charge in [0.25, 0.3) is 0 Å². The van der Waals surface area contributed by atoms with Crippen molar-refractivity contribution in [3.63, 3.8) is 0 Å². The predicted molar refractivity (Wildman–Crippen MR) is 68.1 cm³/mol. The van der Waals surface area contributed by atoms with E-state index in [1.54, 1.807) is 11.8 Å². The summed E-state index contributed by atoms with van der Waals surface area (Å²) in [6.07, 6.45) is 0. The lowest BCUT2D eigenvalue weighted by Gasteiger charge is -2.18. The largest absolute Gasteiger partial charge is 0.364 e. The third-order valence-corrected chi connectivity index (χ3v) is 3.57. The third-order valence-electron chi connectivity index (χ3n) is 1.07. The highest BCUT2D eigenvalue weighted by Gasteiger charge is 2.03. The highest BCUT2D eigenvalue weighted by molar-refractivity contribution is 8.23. The van der Waals surface area contributed by atoms with E-state index in [-0.39, 0.29) is 0 Å². The molecule has 0 atom stereocenters. The lowest BCUT2D eigenvalue weighted by atomic mass is 11.0. The van der Waals surface area contributed by atoms with E-state index in [1.165, 1.54) is 0 Å². The van der Waals surface area contributed by atoms with Crippen molar-refractivity contribution in [3.05, 3.63) is 0 Å². The summed E-state index contributed by atoms with van der Waals surface area (Å²) in [5.41, 5.74) is 0. The molecular formula is C6H12N2S4. The van der Waals surface area contributed by atoms with Gasteiger partial charge in [-0.3, -0.25) is 0 Å². The van der Waals surface area contributed by atoms with Gasteiger partial charge in [0.05, 0.1) is 5.88 Å². The highest BCUT2D eigenvalue weighted by atomic mass is 32.2. The molecule has 0 heterocycles. The normalized spacial score (nSPS) is 9.33. The number of nitrogens with zero attached hydrogens (tertiary/aromatic N) is 2. The van der Waals surface area contributed by atoms with Gasteiger partial charge in [-0.05, 0) is 0 Å². The van der Waals surface area contributed by atoms with Crippen LogP contribution in [0, 0.1) is 0 Å². The molecule has 6 heteroatoms. The molecule has 0 fully saturated rings. The number of thioether (sulfide) groups is 1. The molecule has 0 aliphatic heterocycles. The molecule has 0 aromatic rings. The maximum absolute atomic E-state index is 5.08. The zero-order valence-corrected chi connectivity index (χ0v) is 10.6. The van der Waals surface area contributed by atoms with Gasteiger partial charge in [-0.1, -0.05) is 36.2 Å². The summed E-state index contributed by atoms with van der Waals surface area (Å²) < 4.78 is 1.44. The van der Waals surface area contributed by atoms with Crippen LogP contribution >= 0.6 is 48.8 Å². The quantitative estimate of drug-likeness (QED) is 0.444. The standard InChI is InChI=1S/C6H12N2S4/c1-7(2)6(11)12-4-8(3)5(9)10/h4H2,1-3H3,(H,9,10). The number of thiocarbonyl (C=S) groups is 2. The molecule has 0 saturated carbocycles. The van der Waals surface area contributed by atoms with Crippen molar-refractivity contribution in [2.75, 3.05) is 27.0 Å². The van der Waals surface area contributed by atoms with Crippen LogP contribution in [0.2, 0.25) is 0 Å². The Hall–Kier alpha value is 0.480. The minimum Gasteiger partial charge on any atom is -0.364 e. The second-order valence-corrected chi connectivity index (χ2v) is 5.11. The van der Waals surface area contributed by atoms with Crippen molar-refractivity contribution in [1.82, 2.24) is 9.80 Å². The van der Waals surface area contributed by atoms with E-state index >= 15 is 0 Å². The van der Waals surface area contributed by atoms with Crippen molar-refractivity contribution >= 4 is 57.5 Å². The predicted octanol–water partition coefficient (Wildman–Crippen LogP) is 1.67. The smallest absolute Gasteiger partial charge is 0.137 e. The van der Waals surface area contributed by atoms with E-state index in [1.807, 2.05) is 30.9 Å². The van der Waals surface area contributed by atoms with Gasteiger partial charge in [0.1, 0.15) is 8.64 Å². The molecule has 0 bridgehead atoms. The maximum Gasteiger partial charge on any atom is 0.137 e. The van der Waals surface area contributed by atoms with Crippen molar-refractivity contribution in [2.45, 2.75) is 0 Å². The van der Waals surface area contributed by atoms with Crippen molar-refractivity contribution < 1.29 is 0 Å². The number of thiol groups is 1. The van der Waals surface area contributed by atoms with Gasteiger partial charge >= 0.3 is 0 Å². The Morgan fingerprint density at radius 1 is 1.33 bits per heavy atom. The molecule has 0 aliphatic rings. The molecule has 0 saturated heterocycles. The van der Waals surface area contributed by atoms with Gasteiger partial charge in [0.2, 0.25) is 0 Å². The Bertz CT molecular complexity index is 180. The van der Waals surface area contributed by atoms with E-state index < -0.39 is 0 Å². The van der Waals surface area contributed by atoms with Gasteiger partial charge < -0.3 is 9.80 Å². The Labute approximate surface area is 94.1 Å². The highest BCUT2D eigenvalue weighted by Crippen LogP contribution is 2.09. The van der Waals surface area contributed by atoms with Gasteiger partial charge in [-0.2, -0.15) is 0 Å². The fourth-order valence-corrected chi connectivity index (χ4v) is 1.50. The Morgan fingerprint density at radius 2 is 1.83 bits per heavy atom. The fourth-order valence-electron chi connectivity index (χ4n) is 0.336. The Morgan fingerprint density at radius 3 is 2.17 bits per heavy atom. The van der Waals surface area contributed by atoms with E-state index in [9.17, 15) is 0 Å². The first-order chi connectivity index (χ1) is 5.45. The minimum absolute atomic E-state index is 0.587. The SMILES string of the molecule is CN(C)C(=S)SCN(C)C(=S)S. The van der Waals surface area contributed by atoms with Crippen molar-refractivity contribution in [1.29, 1.82) is 0 Å². The topological polar surface area (TPSA) is 6.48 Å². The second kappa shape index (κ2) is 6.01. The molecule has 0 spiro atoms. The summed E-state index contributed by atoms with van der Waals surface area (Å²) in [6.45, 7) is 0. The molecular weight excluding hydrogens is 228 g/mol. The summed E-state index contributed by atoms with van der Waals surface area (Å²) in [4.78, 5) is 3.76. The van der Waals surface area contributed by atoms with Gasteiger partial charge in [0, 0.05) is 21.1 Å². The molecule has 0 amide bonds. The number of hydrogen-bond donors (Lipinski definition) is 1. The van der Waals surface area contributed by atoms with Crippen LogP contribution in [0.1, 0.15) is 0 Å². The van der Waals surface area contributed by atoms with Gasteiger partial charge in [-0.15, -0.1) is 12.6 Å². The molecule has 0 aromatic heterocycles. The lowest BCUT2D eigenvalue weighted by molar-refractivity contribution is 0.620. The average Bonchev–Trinajstić information content (AvgIpc) is 1.98. The molecule has 0 rings (SSSR count). The van der Waals surface area contributed by atoms with Crippen LogP contribution in [-0.2, 0) is 0 Å². The van der Waals surface area contributed by atoms with Gasteiger partial charge in [-0.25, -0.2) is 0 Å². The van der Waals surface area contributed by atoms with E-state index in [4.69, 9.17) is 24.4 Å². The Balaban J connectivity index is 3.69. The summed E-state index contributed by atoms with van der Waals surface area (Å²) in [5.74, 6) is 0.749. The van der Waals surface area contributed by atoms with Crippen LogP contribution < -0.4 is 0 Å². The first kappa shape index (κ1) is 12.5. The monoisotopic (exact) mass is 240 g/mol. The van der Waals surface area contributed by atoms with E-state index in [0.29, 0.717) is 4.32 Å². The molecule has 2 nitrogen and oxygen atoms in total. The average molecular weight is 240 g/mol. The maximum atomic E-state index is 5.08. The van der Waals surface area contributed by atoms with Crippen LogP contribution in [0.3, 0.4) is 0 Å². The van der Waals surface area contributed by atoms with Crippen LogP contribution in [0.5, 0.6) is 0 Å². The first-order valence-corrected chi connectivity index (χ1v) is 5.48. The lowest BCUT2D eigenvalue weighted by Crippen LogP contribution is -2.24. The summed E-state index contributed by atoms with van der Waals surface area (Å²) in [5, 5.41) is 0. The first-order valence-electron chi connectivity index (χ1n) is 3.23. The van der Waals surface area contributed by atoms with Crippen LogP contribution in [-0.4, -0.2) is 45.5 Å². The zero-order chi connectivity index (χ0) is 9.72. The number of rotatable bonds is 2. The van der Waals surface area contributed by atoms with Crippen LogP contribution in [0.25, 0.3) is 0 Å². The van der Waals surface area contributed by atoms with Gasteiger partial charge in [0.15, 0.2) is 0 Å². The summed E-state index contributed by atoms with van der Waals surface area (Å²) in [6, 6.07) is 0. The van der Waals surface area contributed by atoms with E-state index in [2.05, 4.69) is 12.6 Å². The molecule has 0 unspecified atom stereocenters. The van der Waals surface area contributed by atoms with Crippen molar-refractivity contribution in [3.8, 4) is 0 Å². The fraction of sp³-hybridized carbons (Fsp3) is 0.667. The van der Waals surface area contributed by atoms with Crippen LogP contribution in [0.4, 0.5) is 0 Å². The minimum atomic E-state index is 0.587. The molecule has 70 valence electrons. The second-order valence-electron chi connectivity index (χ2n) is 2.41.